The van der Waals surface area contributed by atoms with Crippen LogP contribution in [0.2, 0.25) is 0 Å². The molecule has 0 radical (unpaired) electrons. The van der Waals surface area contributed by atoms with Gasteiger partial charge in [-0.3, -0.25) is 0 Å². The largest absolute Gasteiger partial charge is 0.393 e. The van der Waals surface area contributed by atoms with Gasteiger partial charge in [-0.15, -0.1) is 0 Å². The van der Waals surface area contributed by atoms with Crippen LogP contribution in [0.25, 0.3) is 0 Å². The Bertz CT molecular complexity index is 237. The van der Waals surface area contributed by atoms with Crippen LogP contribution < -0.4 is 0 Å². The number of hydrogen-bond donors (Lipinski definition) is 1. The molecule has 4 nitrogen and oxygen atoms in total. The third kappa shape index (κ3) is 3.91. The second-order valence-corrected chi connectivity index (χ2v) is 5.83. The summed E-state index contributed by atoms with van der Waals surface area (Å²) >= 11 is 0. The normalized spacial score (nSPS) is 35.6. The fourth-order valence-electron chi connectivity index (χ4n) is 3.05. The van der Waals surface area contributed by atoms with Crippen LogP contribution in [0, 0.1) is 11.8 Å². The zero-order chi connectivity index (χ0) is 12.3. The Hall–Kier alpha value is -0.160. The van der Waals surface area contributed by atoms with Crippen molar-refractivity contribution in [3.05, 3.63) is 0 Å². The topological polar surface area (TPSA) is 35.9 Å². The molecule has 2 aliphatic rings. The zero-order valence-corrected chi connectivity index (χ0v) is 11.1. The molecule has 3 atom stereocenters. The molecular formula is C13H26N2O2. The van der Waals surface area contributed by atoms with E-state index >= 15 is 0 Å². The quantitative estimate of drug-likeness (QED) is 0.767. The first-order chi connectivity index (χ1) is 8.15. The van der Waals surface area contributed by atoms with E-state index in [4.69, 9.17) is 4.74 Å². The number of nitrogens with zero attached hydrogens (tertiary/aromatic N) is 2. The summed E-state index contributed by atoms with van der Waals surface area (Å²) in [4.78, 5) is 4.77. The lowest BCUT2D eigenvalue weighted by Crippen LogP contribution is -2.41. The number of aliphatic hydroxyl groups excluding tert-OH is 1. The average Bonchev–Trinajstić information content (AvgIpc) is 2.67. The Labute approximate surface area is 105 Å². The number of ether oxygens (including phenoxy) is 1. The lowest BCUT2D eigenvalue weighted by Gasteiger charge is -2.32. The van der Waals surface area contributed by atoms with Crippen molar-refractivity contribution in [2.45, 2.75) is 18.9 Å². The van der Waals surface area contributed by atoms with Crippen LogP contribution in [0.4, 0.5) is 0 Å². The Balaban J connectivity index is 1.70. The van der Waals surface area contributed by atoms with Gasteiger partial charge in [-0.05, 0) is 39.4 Å². The van der Waals surface area contributed by atoms with E-state index < -0.39 is 0 Å². The van der Waals surface area contributed by atoms with E-state index in [-0.39, 0.29) is 6.10 Å². The molecule has 0 aromatic carbocycles. The van der Waals surface area contributed by atoms with Crippen molar-refractivity contribution in [2.24, 2.45) is 11.8 Å². The van der Waals surface area contributed by atoms with Crippen molar-refractivity contribution in [3.8, 4) is 0 Å². The van der Waals surface area contributed by atoms with Crippen molar-refractivity contribution < 1.29 is 9.84 Å². The first-order valence-corrected chi connectivity index (χ1v) is 6.78. The first kappa shape index (κ1) is 13.3. The highest BCUT2D eigenvalue weighted by atomic mass is 16.5. The molecule has 0 aromatic rings. The van der Waals surface area contributed by atoms with Gasteiger partial charge in [-0.25, -0.2) is 0 Å². The molecule has 3 unspecified atom stereocenters. The van der Waals surface area contributed by atoms with Gasteiger partial charge in [0.15, 0.2) is 0 Å². The zero-order valence-electron chi connectivity index (χ0n) is 11.1. The Morgan fingerprint density at radius 3 is 2.82 bits per heavy atom. The maximum absolute atomic E-state index is 9.91. The summed E-state index contributed by atoms with van der Waals surface area (Å²) < 4.78 is 5.45. The summed E-state index contributed by atoms with van der Waals surface area (Å²) in [5.41, 5.74) is 0. The summed E-state index contributed by atoms with van der Waals surface area (Å²) in [6, 6.07) is 0. The minimum Gasteiger partial charge on any atom is -0.393 e. The fourth-order valence-corrected chi connectivity index (χ4v) is 3.05. The molecule has 2 aliphatic heterocycles. The van der Waals surface area contributed by atoms with Gasteiger partial charge in [-0.1, -0.05) is 0 Å². The molecule has 100 valence electrons. The van der Waals surface area contributed by atoms with Crippen molar-refractivity contribution in [1.29, 1.82) is 0 Å². The van der Waals surface area contributed by atoms with Gasteiger partial charge in [0.25, 0.3) is 0 Å². The highest BCUT2D eigenvalue weighted by Gasteiger charge is 2.26. The number of aliphatic hydroxyl groups is 1. The van der Waals surface area contributed by atoms with E-state index in [9.17, 15) is 5.11 Å². The van der Waals surface area contributed by atoms with Crippen LogP contribution in [0.3, 0.4) is 0 Å². The smallest absolute Gasteiger partial charge is 0.0624 e. The molecule has 1 N–H and O–H groups in total. The molecule has 0 amide bonds. The predicted octanol–water partition coefficient (Wildman–Crippen LogP) is 0.267. The van der Waals surface area contributed by atoms with Crippen LogP contribution in [0.15, 0.2) is 0 Å². The fraction of sp³-hybridized carbons (Fsp3) is 1.00. The maximum atomic E-state index is 9.91. The minimum absolute atomic E-state index is 0.169. The number of hydrogen-bond acceptors (Lipinski definition) is 4. The molecule has 0 bridgehead atoms. The molecule has 2 saturated heterocycles. The van der Waals surface area contributed by atoms with Crippen molar-refractivity contribution in [3.63, 3.8) is 0 Å². The summed E-state index contributed by atoms with van der Waals surface area (Å²) in [6.07, 6.45) is 1.94. The second kappa shape index (κ2) is 6.14. The van der Waals surface area contributed by atoms with E-state index in [1.165, 1.54) is 19.5 Å². The number of rotatable bonds is 4. The molecule has 4 heteroatoms. The van der Waals surface area contributed by atoms with Gasteiger partial charge in [0.1, 0.15) is 0 Å². The van der Waals surface area contributed by atoms with E-state index in [1.54, 1.807) is 0 Å². The lowest BCUT2D eigenvalue weighted by atomic mass is 9.97. The van der Waals surface area contributed by atoms with E-state index in [0.717, 1.165) is 38.6 Å². The van der Waals surface area contributed by atoms with Crippen molar-refractivity contribution in [1.82, 2.24) is 9.80 Å². The molecule has 2 fully saturated rings. The molecule has 0 aliphatic carbocycles. The summed E-state index contributed by atoms with van der Waals surface area (Å²) in [5, 5.41) is 9.91. The van der Waals surface area contributed by atoms with Crippen LogP contribution in [0.1, 0.15) is 12.8 Å². The Morgan fingerprint density at radius 2 is 2.18 bits per heavy atom. The van der Waals surface area contributed by atoms with Crippen molar-refractivity contribution >= 4 is 0 Å². The molecule has 0 aromatic heterocycles. The Morgan fingerprint density at radius 1 is 1.35 bits per heavy atom. The monoisotopic (exact) mass is 242 g/mol. The van der Waals surface area contributed by atoms with E-state index in [1.807, 2.05) is 0 Å². The molecule has 2 heterocycles. The van der Waals surface area contributed by atoms with E-state index in [0.29, 0.717) is 5.92 Å². The van der Waals surface area contributed by atoms with Gasteiger partial charge in [0, 0.05) is 32.2 Å². The van der Waals surface area contributed by atoms with Gasteiger partial charge in [-0.2, -0.15) is 0 Å². The Kier molecular flexibility index (Phi) is 4.79. The first-order valence-electron chi connectivity index (χ1n) is 6.78. The van der Waals surface area contributed by atoms with Gasteiger partial charge < -0.3 is 19.6 Å². The van der Waals surface area contributed by atoms with Gasteiger partial charge in [0.05, 0.1) is 12.7 Å². The maximum Gasteiger partial charge on any atom is 0.0624 e. The highest BCUT2D eigenvalue weighted by molar-refractivity contribution is 4.79. The van der Waals surface area contributed by atoms with Crippen molar-refractivity contribution in [2.75, 3.05) is 53.5 Å². The summed E-state index contributed by atoms with van der Waals surface area (Å²) in [7, 11) is 4.36. The summed E-state index contributed by atoms with van der Waals surface area (Å²) in [6.45, 7) is 5.99. The molecular weight excluding hydrogens is 216 g/mol. The highest BCUT2D eigenvalue weighted by Crippen LogP contribution is 2.18. The third-order valence-corrected chi connectivity index (χ3v) is 4.04. The SMILES string of the molecule is CN1CCC(CN(C)CC2COCCC2O)C1. The van der Waals surface area contributed by atoms with Crippen LogP contribution >= 0.6 is 0 Å². The molecule has 17 heavy (non-hydrogen) atoms. The van der Waals surface area contributed by atoms with E-state index in [2.05, 4.69) is 23.9 Å². The second-order valence-electron chi connectivity index (χ2n) is 5.83. The minimum atomic E-state index is -0.169. The molecule has 2 rings (SSSR count). The number of likely N-dealkylation sites (tertiary alicyclic amines) is 1. The third-order valence-electron chi connectivity index (χ3n) is 4.04. The molecule has 0 spiro atoms. The van der Waals surface area contributed by atoms with Crippen LogP contribution in [0.5, 0.6) is 0 Å². The molecule has 0 saturated carbocycles. The van der Waals surface area contributed by atoms with Crippen LogP contribution in [-0.4, -0.2) is 74.5 Å². The van der Waals surface area contributed by atoms with Gasteiger partial charge in [0.2, 0.25) is 0 Å². The standard InChI is InChI=1S/C13H26N2O2/c1-14-5-3-11(7-14)8-15(2)9-12-10-17-6-4-13(12)16/h11-13,16H,3-10H2,1-2H3. The van der Waals surface area contributed by atoms with Crippen LogP contribution in [-0.2, 0) is 4.74 Å². The lowest BCUT2D eigenvalue weighted by molar-refractivity contribution is -0.0453. The average molecular weight is 242 g/mol. The summed E-state index contributed by atoms with van der Waals surface area (Å²) in [5.74, 6) is 1.10. The van der Waals surface area contributed by atoms with Gasteiger partial charge >= 0.3 is 0 Å². The predicted molar refractivity (Wildman–Crippen MR) is 68.0 cm³/mol.